The number of carbonyl (C=O) groups excluding carboxylic acids is 1. The third kappa shape index (κ3) is 5.71. The molecule has 1 N–H and O–H groups in total. The molecule has 1 aromatic rings. The maximum Gasteiger partial charge on any atom is 0.416 e. The number of nitrogens with one attached hydrogen (secondary N) is 1. The van der Waals surface area contributed by atoms with Crippen molar-refractivity contribution < 1.29 is 18.0 Å². The standard InChI is InChI=1S/C21H31F3N2O/c1-6-7-11-26(17-13-19(2,3)25-20(4,5)14-17)18(27)15-9-8-10-16(12-15)21(22,23)24/h8-10,12,17,25H,6-7,11,13-14H2,1-5H3. The molecule has 2 rings (SSSR count). The predicted molar refractivity (Wildman–Crippen MR) is 102 cm³/mol. The molecule has 1 aromatic carbocycles. The Bertz CT molecular complexity index is 652. The van der Waals surface area contributed by atoms with Crippen LogP contribution in [0.3, 0.4) is 0 Å². The van der Waals surface area contributed by atoms with E-state index in [2.05, 4.69) is 33.0 Å². The molecule has 1 amide bonds. The summed E-state index contributed by atoms with van der Waals surface area (Å²) in [7, 11) is 0. The Morgan fingerprint density at radius 3 is 2.30 bits per heavy atom. The van der Waals surface area contributed by atoms with Crippen molar-refractivity contribution in [1.29, 1.82) is 0 Å². The predicted octanol–water partition coefficient (Wildman–Crippen LogP) is 5.26. The van der Waals surface area contributed by atoms with Crippen molar-refractivity contribution >= 4 is 5.91 Å². The second-order valence-electron chi connectivity index (χ2n) is 8.89. The van der Waals surface area contributed by atoms with E-state index in [1.807, 2.05) is 6.92 Å². The molecule has 6 heteroatoms. The zero-order chi connectivity index (χ0) is 20.5. The first-order valence-corrected chi connectivity index (χ1v) is 9.62. The van der Waals surface area contributed by atoms with Crippen molar-refractivity contribution in [3.63, 3.8) is 0 Å². The Balaban J connectivity index is 2.34. The summed E-state index contributed by atoms with van der Waals surface area (Å²) in [5.41, 5.74) is -0.972. The zero-order valence-electron chi connectivity index (χ0n) is 16.9. The van der Waals surface area contributed by atoms with Crippen LogP contribution in [0.1, 0.15) is 76.2 Å². The van der Waals surface area contributed by atoms with E-state index in [0.717, 1.165) is 37.8 Å². The van der Waals surface area contributed by atoms with Crippen molar-refractivity contribution in [3.8, 4) is 0 Å². The van der Waals surface area contributed by atoms with Crippen LogP contribution in [0.2, 0.25) is 0 Å². The molecule has 1 aliphatic rings. The van der Waals surface area contributed by atoms with E-state index in [-0.39, 0.29) is 28.6 Å². The third-order valence-corrected chi connectivity index (χ3v) is 5.06. The summed E-state index contributed by atoms with van der Waals surface area (Å²) < 4.78 is 39.2. The molecule has 152 valence electrons. The highest BCUT2D eigenvalue weighted by Crippen LogP contribution is 2.33. The number of benzene rings is 1. The molecule has 1 fully saturated rings. The van der Waals surface area contributed by atoms with E-state index < -0.39 is 11.7 Å². The molecule has 0 bridgehead atoms. The topological polar surface area (TPSA) is 32.3 Å². The second kappa shape index (κ2) is 7.82. The van der Waals surface area contributed by atoms with Crippen LogP contribution in [0.15, 0.2) is 24.3 Å². The first kappa shape index (κ1) is 21.7. The Labute approximate surface area is 160 Å². The van der Waals surface area contributed by atoms with Crippen LogP contribution >= 0.6 is 0 Å². The first-order valence-electron chi connectivity index (χ1n) is 9.62. The molecule has 0 saturated carbocycles. The Hall–Kier alpha value is -1.56. The summed E-state index contributed by atoms with van der Waals surface area (Å²) >= 11 is 0. The minimum atomic E-state index is -4.46. The highest BCUT2D eigenvalue weighted by Gasteiger charge is 2.41. The molecular formula is C21H31F3N2O. The first-order chi connectivity index (χ1) is 12.3. The normalized spacial score (nSPS) is 19.7. The largest absolute Gasteiger partial charge is 0.416 e. The fourth-order valence-corrected chi connectivity index (χ4v) is 4.26. The summed E-state index contributed by atoms with van der Waals surface area (Å²) in [6.07, 6.45) is -1.17. The molecule has 0 unspecified atom stereocenters. The summed E-state index contributed by atoms with van der Waals surface area (Å²) in [6, 6.07) is 4.76. The molecule has 0 aromatic heterocycles. The van der Waals surface area contributed by atoms with Gasteiger partial charge < -0.3 is 10.2 Å². The van der Waals surface area contributed by atoms with Crippen LogP contribution in [-0.2, 0) is 6.18 Å². The number of hydrogen-bond donors (Lipinski definition) is 1. The molecule has 3 nitrogen and oxygen atoms in total. The average Bonchev–Trinajstić information content (AvgIpc) is 2.51. The average molecular weight is 384 g/mol. The van der Waals surface area contributed by atoms with Gasteiger partial charge >= 0.3 is 6.18 Å². The van der Waals surface area contributed by atoms with Crippen molar-refractivity contribution in [3.05, 3.63) is 35.4 Å². The zero-order valence-corrected chi connectivity index (χ0v) is 16.9. The number of halogens is 3. The Kier molecular flexibility index (Phi) is 6.30. The van der Waals surface area contributed by atoms with Crippen LogP contribution < -0.4 is 5.32 Å². The van der Waals surface area contributed by atoms with E-state index in [1.165, 1.54) is 12.1 Å². The lowest BCUT2D eigenvalue weighted by Crippen LogP contribution is -2.62. The number of nitrogens with zero attached hydrogens (tertiary/aromatic N) is 1. The lowest BCUT2D eigenvalue weighted by atomic mass is 9.78. The molecule has 1 saturated heterocycles. The lowest BCUT2D eigenvalue weighted by molar-refractivity contribution is -0.137. The van der Waals surface area contributed by atoms with Gasteiger partial charge in [-0.2, -0.15) is 13.2 Å². The number of unbranched alkanes of at least 4 members (excludes halogenated alkanes) is 1. The highest BCUT2D eigenvalue weighted by atomic mass is 19.4. The van der Waals surface area contributed by atoms with E-state index in [9.17, 15) is 18.0 Å². The minimum absolute atomic E-state index is 0.00940. The van der Waals surface area contributed by atoms with Gasteiger partial charge in [-0.1, -0.05) is 19.4 Å². The smallest absolute Gasteiger partial charge is 0.336 e. The van der Waals surface area contributed by atoms with Gasteiger partial charge in [-0.25, -0.2) is 0 Å². The van der Waals surface area contributed by atoms with Gasteiger partial charge in [-0.3, -0.25) is 4.79 Å². The molecule has 0 spiro atoms. The van der Waals surface area contributed by atoms with Gasteiger partial charge in [0.15, 0.2) is 0 Å². The maximum atomic E-state index is 13.2. The van der Waals surface area contributed by atoms with Gasteiger partial charge in [0.1, 0.15) is 0 Å². The van der Waals surface area contributed by atoms with Crippen LogP contribution in [0.25, 0.3) is 0 Å². The number of amides is 1. The Morgan fingerprint density at radius 1 is 1.19 bits per heavy atom. The van der Waals surface area contributed by atoms with E-state index in [1.54, 1.807) is 4.90 Å². The van der Waals surface area contributed by atoms with Crippen molar-refractivity contribution in [2.75, 3.05) is 6.54 Å². The summed E-state index contributed by atoms with van der Waals surface area (Å²) in [5, 5.41) is 3.59. The fraction of sp³-hybridized carbons (Fsp3) is 0.667. The van der Waals surface area contributed by atoms with Crippen LogP contribution in [-0.4, -0.2) is 34.5 Å². The molecule has 27 heavy (non-hydrogen) atoms. The monoisotopic (exact) mass is 384 g/mol. The highest BCUT2D eigenvalue weighted by molar-refractivity contribution is 5.94. The van der Waals surface area contributed by atoms with E-state index in [4.69, 9.17) is 0 Å². The van der Waals surface area contributed by atoms with E-state index in [0.29, 0.717) is 6.54 Å². The lowest BCUT2D eigenvalue weighted by Gasteiger charge is -2.49. The minimum Gasteiger partial charge on any atom is -0.336 e. The third-order valence-electron chi connectivity index (χ3n) is 5.06. The molecule has 1 aliphatic heterocycles. The van der Waals surface area contributed by atoms with Crippen LogP contribution in [0, 0.1) is 0 Å². The van der Waals surface area contributed by atoms with Crippen molar-refractivity contribution in [2.45, 2.75) is 83.6 Å². The quantitative estimate of drug-likeness (QED) is 0.751. The SMILES string of the molecule is CCCCN(C(=O)c1cccc(C(F)(F)F)c1)C1CC(C)(C)NC(C)(C)C1. The van der Waals surface area contributed by atoms with Crippen molar-refractivity contribution in [2.24, 2.45) is 0 Å². The molecule has 0 aliphatic carbocycles. The van der Waals surface area contributed by atoms with Gasteiger partial charge in [0.25, 0.3) is 5.91 Å². The summed E-state index contributed by atoms with van der Waals surface area (Å²) in [4.78, 5) is 15.0. The second-order valence-corrected chi connectivity index (χ2v) is 8.89. The fourth-order valence-electron chi connectivity index (χ4n) is 4.26. The van der Waals surface area contributed by atoms with Crippen LogP contribution in [0.5, 0.6) is 0 Å². The van der Waals surface area contributed by atoms with Crippen LogP contribution in [0.4, 0.5) is 13.2 Å². The van der Waals surface area contributed by atoms with Gasteiger partial charge in [-0.05, 0) is 65.2 Å². The van der Waals surface area contributed by atoms with Gasteiger partial charge in [0.2, 0.25) is 0 Å². The molecule has 0 radical (unpaired) electrons. The van der Waals surface area contributed by atoms with Gasteiger partial charge in [-0.15, -0.1) is 0 Å². The van der Waals surface area contributed by atoms with Gasteiger partial charge in [0, 0.05) is 29.2 Å². The summed E-state index contributed by atoms with van der Waals surface area (Å²) in [6.45, 7) is 11.0. The van der Waals surface area contributed by atoms with Gasteiger partial charge in [0.05, 0.1) is 5.56 Å². The molecular weight excluding hydrogens is 353 g/mol. The number of alkyl halides is 3. The number of piperidine rings is 1. The molecule has 1 heterocycles. The maximum absolute atomic E-state index is 13.2. The number of hydrogen-bond acceptors (Lipinski definition) is 2. The molecule has 0 atom stereocenters. The summed E-state index contributed by atoms with van der Waals surface area (Å²) in [5.74, 6) is -0.312. The number of carbonyl (C=O) groups is 1. The van der Waals surface area contributed by atoms with E-state index >= 15 is 0 Å². The Morgan fingerprint density at radius 2 is 1.78 bits per heavy atom. The number of rotatable bonds is 5. The van der Waals surface area contributed by atoms with Crippen molar-refractivity contribution in [1.82, 2.24) is 10.2 Å².